The van der Waals surface area contributed by atoms with Gasteiger partial charge in [-0.1, -0.05) is 36.2 Å². The van der Waals surface area contributed by atoms with Gasteiger partial charge in [-0.15, -0.1) is 11.3 Å². The number of hydrogen-bond donors (Lipinski definition) is 0. The van der Waals surface area contributed by atoms with Crippen LogP contribution in [0.1, 0.15) is 43.4 Å². The van der Waals surface area contributed by atoms with E-state index in [1.165, 1.54) is 31.2 Å². The van der Waals surface area contributed by atoms with Crippen LogP contribution in [0.25, 0.3) is 10.6 Å². The lowest BCUT2D eigenvalue weighted by Crippen LogP contribution is -2.17. The molecule has 3 nitrogen and oxygen atoms in total. The maximum absolute atomic E-state index is 12.1. The molecule has 0 unspecified atom stereocenters. The predicted molar refractivity (Wildman–Crippen MR) is 95.6 cm³/mol. The van der Waals surface area contributed by atoms with Crippen molar-refractivity contribution in [3.63, 3.8) is 0 Å². The molecule has 0 aliphatic heterocycles. The van der Waals surface area contributed by atoms with Gasteiger partial charge in [0.2, 0.25) is 0 Å². The third kappa shape index (κ3) is 3.39. The molecule has 1 aromatic carbocycles. The van der Waals surface area contributed by atoms with Crippen LogP contribution in [0, 0.1) is 24.7 Å². The number of aromatic nitrogens is 1. The molecule has 2 aliphatic carbocycles. The standard InChI is InChI=1S/C20H23NO2S/c1-13-2-5-15(6-3-13)20-21-18(12-24-20)11-23-19(22)10-17-9-14-4-7-16(17)8-14/h2-3,5-6,12,14,16-17H,4,7-11H2,1H3/t14-,16-,17+/m1/s1. The Morgan fingerprint density at radius 2 is 2.08 bits per heavy atom. The second kappa shape index (κ2) is 6.67. The Morgan fingerprint density at radius 1 is 1.25 bits per heavy atom. The van der Waals surface area contributed by atoms with E-state index in [-0.39, 0.29) is 5.97 Å². The number of benzene rings is 1. The Bertz CT molecular complexity index is 721. The van der Waals surface area contributed by atoms with E-state index in [2.05, 4.69) is 36.2 Å². The summed E-state index contributed by atoms with van der Waals surface area (Å²) in [6.45, 7) is 2.37. The van der Waals surface area contributed by atoms with Crippen LogP contribution in [-0.4, -0.2) is 11.0 Å². The van der Waals surface area contributed by atoms with Crippen molar-refractivity contribution in [2.24, 2.45) is 17.8 Å². The van der Waals surface area contributed by atoms with Crippen LogP contribution in [0.4, 0.5) is 0 Å². The van der Waals surface area contributed by atoms with Gasteiger partial charge in [0.1, 0.15) is 11.6 Å². The second-order valence-electron chi connectivity index (χ2n) is 7.31. The van der Waals surface area contributed by atoms with Gasteiger partial charge in [0, 0.05) is 17.4 Å². The van der Waals surface area contributed by atoms with Crippen LogP contribution in [0.15, 0.2) is 29.6 Å². The summed E-state index contributed by atoms with van der Waals surface area (Å²) in [5.74, 6) is 2.16. The van der Waals surface area contributed by atoms with Crippen LogP contribution in [0.5, 0.6) is 0 Å². The van der Waals surface area contributed by atoms with E-state index >= 15 is 0 Å². The van der Waals surface area contributed by atoms with Gasteiger partial charge in [0.05, 0.1) is 5.69 Å². The highest BCUT2D eigenvalue weighted by Crippen LogP contribution is 2.49. The topological polar surface area (TPSA) is 39.2 Å². The number of fused-ring (bicyclic) bond motifs is 2. The molecular weight excluding hydrogens is 318 g/mol. The Hall–Kier alpha value is -1.68. The van der Waals surface area contributed by atoms with Gasteiger partial charge in [-0.05, 0) is 43.9 Å². The molecule has 0 amide bonds. The van der Waals surface area contributed by atoms with E-state index in [9.17, 15) is 4.79 Å². The lowest BCUT2D eigenvalue weighted by molar-refractivity contribution is -0.146. The fraction of sp³-hybridized carbons (Fsp3) is 0.500. The summed E-state index contributed by atoms with van der Waals surface area (Å²) in [5.41, 5.74) is 3.20. The molecule has 2 bridgehead atoms. The number of carbonyl (C=O) groups is 1. The van der Waals surface area contributed by atoms with Gasteiger partial charge in [-0.2, -0.15) is 0 Å². The molecule has 4 heteroatoms. The largest absolute Gasteiger partial charge is 0.459 e. The average molecular weight is 341 g/mol. The van der Waals surface area contributed by atoms with Gasteiger partial charge in [0.25, 0.3) is 0 Å². The highest BCUT2D eigenvalue weighted by Gasteiger charge is 2.40. The zero-order valence-corrected chi connectivity index (χ0v) is 14.8. The van der Waals surface area contributed by atoms with E-state index in [1.807, 2.05) is 5.38 Å². The Kier molecular flexibility index (Phi) is 4.40. The molecule has 2 saturated carbocycles. The number of carbonyl (C=O) groups excluding carboxylic acids is 1. The van der Waals surface area contributed by atoms with Gasteiger partial charge >= 0.3 is 5.97 Å². The fourth-order valence-electron chi connectivity index (χ4n) is 4.26. The molecule has 24 heavy (non-hydrogen) atoms. The first-order valence-electron chi connectivity index (χ1n) is 8.84. The van der Waals surface area contributed by atoms with E-state index in [0.717, 1.165) is 28.1 Å². The lowest BCUT2D eigenvalue weighted by Gasteiger charge is -2.20. The highest BCUT2D eigenvalue weighted by atomic mass is 32.1. The number of rotatable bonds is 5. The molecule has 4 rings (SSSR count). The van der Waals surface area contributed by atoms with Crippen LogP contribution in [0.3, 0.4) is 0 Å². The number of aryl methyl sites for hydroxylation is 1. The van der Waals surface area contributed by atoms with Crippen molar-refractivity contribution in [1.29, 1.82) is 0 Å². The Labute approximate surface area is 147 Å². The normalized spacial score (nSPS) is 25.1. The molecule has 0 N–H and O–H groups in total. The summed E-state index contributed by atoms with van der Waals surface area (Å²) in [5, 5.41) is 2.97. The van der Waals surface area contributed by atoms with E-state index < -0.39 is 0 Å². The molecule has 2 fully saturated rings. The molecule has 126 valence electrons. The number of nitrogens with zero attached hydrogens (tertiary/aromatic N) is 1. The average Bonchev–Trinajstić information content (AvgIpc) is 3.30. The predicted octanol–water partition coefficient (Wildman–Crippen LogP) is 4.99. The van der Waals surface area contributed by atoms with E-state index in [0.29, 0.717) is 18.9 Å². The highest BCUT2D eigenvalue weighted by molar-refractivity contribution is 7.13. The molecular formula is C20H23NO2S. The molecule has 2 aliphatic rings. The zero-order chi connectivity index (χ0) is 16.5. The minimum atomic E-state index is -0.0579. The maximum Gasteiger partial charge on any atom is 0.306 e. The number of thiazole rings is 1. The second-order valence-corrected chi connectivity index (χ2v) is 8.17. The first kappa shape index (κ1) is 15.8. The monoisotopic (exact) mass is 341 g/mol. The molecule has 2 aromatic rings. The van der Waals surface area contributed by atoms with Crippen LogP contribution >= 0.6 is 11.3 Å². The van der Waals surface area contributed by atoms with Crippen molar-refractivity contribution in [3.8, 4) is 10.6 Å². The minimum Gasteiger partial charge on any atom is -0.459 e. The Balaban J connectivity index is 1.30. The van der Waals surface area contributed by atoms with Crippen molar-refractivity contribution in [2.45, 2.75) is 45.6 Å². The molecule has 1 heterocycles. The molecule has 3 atom stereocenters. The first-order valence-corrected chi connectivity index (χ1v) is 9.72. The molecule has 0 radical (unpaired) electrons. The van der Waals surface area contributed by atoms with Gasteiger partial charge in [-0.3, -0.25) is 4.79 Å². The summed E-state index contributed by atoms with van der Waals surface area (Å²) in [7, 11) is 0. The fourth-order valence-corrected chi connectivity index (χ4v) is 5.07. The number of hydrogen-bond acceptors (Lipinski definition) is 4. The van der Waals surface area contributed by atoms with Gasteiger partial charge in [-0.25, -0.2) is 4.98 Å². The van der Waals surface area contributed by atoms with Crippen molar-refractivity contribution in [3.05, 3.63) is 40.9 Å². The molecule has 0 saturated heterocycles. The van der Waals surface area contributed by atoms with Gasteiger partial charge < -0.3 is 4.74 Å². The lowest BCUT2D eigenvalue weighted by atomic mass is 9.86. The summed E-state index contributed by atoms with van der Waals surface area (Å²) in [4.78, 5) is 16.7. The SMILES string of the molecule is Cc1ccc(-c2nc(COC(=O)C[C@@H]3C[C@@H]4CC[C@@H]3C4)cs2)cc1. The zero-order valence-electron chi connectivity index (χ0n) is 14.0. The molecule has 0 spiro atoms. The number of ether oxygens (including phenoxy) is 1. The maximum atomic E-state index is 12.1. The first-order chi connectivity index (χ1) is 11.7. The summed E-state index contributed by atoms with van der Waals surface area (Å²) in [6, 6.07) is 8.34. The van der Waals surface area contributed by atoms with E-state index in [1.54, 1.807) is 11.3 Å². The van der Waals surface area contributed by atoms with Crippen LogP contribution in [-0.2, 0) is 16.1 Å². The van der Waals surface area contributed by atoms with Crippen LogP contribution in [0.2, 0.25) is 0 Å². The third-order valence-electron chi connectivity index (χ3n) is 5.54. The Morgan fingerprint density at radius 3 is 2.79 bits per heavy atom. The van der Waals surface area contributed by atoms with Crippen LogP contribution < -0.4 is 0 Å². The van der Waals surface area contributed by atoms with Crippen molar-refractivity contribution in [2.75, 3.05) is 0 Å². The van der Waals surface area contributed by atoms with Crippen molar-refractivity contribution >= 4 is 17.3 Å². The van der Waals surface area contributed by atoms with Crippen molar-refractivity contribution in [1.82, 2.24) is 4.98 Å². The number of esters is 1. The minimum absolute atomic E-state index is 0.0579. The van der Waals surface area contributed by atoms with Crippen molar-refractivity contribution < 1.29 is 9.53 Å². The smallest absolute Gasteiger partial charge is 0.306 e. The quantitative estimate of drug-likeness (QED) is 0.719. The van der Waals surface area contributed by atoms with Gasteiger partial charge in [0.15, 0.2) is 0 Å². The third-order valence-corrected chi connectivity index (χ3v) is 6.48. The summed E-state index contributed by atoms with van der Waals surface area (Å²) in [6.07, 6.45) is 5.85. The summed E-state index contributed by atoms with van der Waals surface area (Å²) < 4.78 is 5.47. The summed E-state index contributed by atoms with van der Waals surface area (Å²) >= 11 is 1.60. The molecule has 1 aromatic heterocycles. The van der Waals surface area contributed by atoms with E-state index in [4.69, 9.17) is 4.74 Å².